The molecule has 0 unspecified atom stereocenters. The number of nitrogens with zero attached hydrogens (tertiary/aromatic N) is 1. The van der Waals surface area contributed by atoms with E-state index in [9.17, 15) is 8.42 Å². The van der Waals surface area contributed by atoms with Crippen LogP contribution in [0.2, 0.25) is 0 Å². The molecule has 2 fully saturated rings. The molecule has 2 heterocycles. The van der Waals surface area contributed by atoms with Gasteiger partial charge >= 0.3 is 0 Å². The molecule has 23 heavy (non-hydrogen) atoms. The summed E-state index contributed by atoms with van der Waals surface area (Å²) in [6.07, 6.45) is 0.981. The van der Waals surface area contributed by atoms with Crippen molar-refractivity contribution >= 4 is 10.0 Å². The zero-order valence-corrected chi connectivity index (χ0v) is 14.0. The Bertz CT molecular complexity index is 581. The summed E-state index contributed by atoms with van der Waals surface area (Å²) in [7, 11) is -3.47. The second kappa shape index (κ2) is 7.72. The largest absolute Gasteiger partial charge is 0.381 e. The lowest BCUT2D eigenvalue weighted by Gasteiger charge is -2.37. The number of ether oxygens (including phenoxy) is 2. The Morgan fingerprint density at radius 2 is 1.87 bits per heavy atom. The fraction of sp³-hybridized carbons (Fsp3) is 0.625. The summed E-state index contributed by atoms with van der Waals surface area (Å²) in [5.41, 5.74) is 0. The van der Waals surface area contributed by atoms with Crippen LogP contribution in [0.3, 0.4) is 0 Å². The van der Waals surface area contributed by atoms with Crippen molar-refractivity contribution in [3.05, 3.63) is 30.3 Å². The fourth-order valence-electron chi connectivity index (χ4n) is 3.24. The van der Waals surface area contributed by atoms with Gasteiger partial charge in [-0.3, -0.25) is 4.90 Å². The van der Waals surface area contributed by atoms with Crippen LogP contribution >= 0.6 is 0 Å². The van der Waals surface area contributed by atoms with Gasteiger partial charge in [-0.1, -0.05) is 18.2 Å². The molecule has 1 aromatic rings. The highest BCUT2D eigenvalue weighted by atomic mass is 32.2. The first-order valence-corrected chi connectivity index (χ1v) is 9.59. The summed E-state index contributed by atoms with van der Waals surface area (Å²) in [6, 6.07) is 8.67. The molecule has 0 spiro atoms. The van der Waals surface area contributed by atoms with Crippen LogP contribution in [0.4, 0.5) is 0 Å². The molecule has 2 aliphatic heterocycles. The van der Waals surface area contributed by atoms with E-state index in [4.69, 9.17) is 9.47 Å². The van der Waals surface area contributed by atoms with Gasteiger partial charge in [-0.25, -0.2) is 13.1 Å². The lowest BCUT2D eigenvalue weighted by Crippen LogP contribution is -2.52. The van der Waals surface area contributed by atoms with E-state index in [1.54, 1.807) is 24.3 Å². The Kier molecular flexibility index (Phi) is 5.66. The van der Waals surface area contributed by atoms with Gasteiger partial charge in [0.1, 0.15) is 0 Å². The highest BCUT2D eigenvalue weighted by molar-refractivity contribution is 7.89. The van der Waals surface area contributed by atoms with E-state index < -0.39 is 10.0 Å². The predicted molar refractivity (Wildman–Crippen MR) is 86.7 cm³/mol. The minimum atomic E-state index is -3.47. The molecule has 0 saturated carbocycles. The molecule has 3 rings (SSSR count). The van der Waals surface area contributed by atoms with Gasteiger partial charge in [-0.2, -0.15) is 0 Å². The molecular weight excluding hydrogens is 316 g/mol. The van der Waals surface area contributed by atoms with Gasteiger partial charge in [0.15, 0.2) is 0 Å². The van der Waals surface area contributed by atoms with Crippen molar-refractivity contribution in [3.63, 3.8) is 0 Å². The van der Waals surface area contributed by atoms with Crippen LogP contribution in [0.5, 0.6) is 0 Å². The van der Waals surface area contributed by atoms with Crippen LogP contribution in [0.1, 0.15) is 6.42 Å². The third-order valence-electron chi connectivity index (χ3n) is 4.56. The summed E-state index contributed by atoms with van der Waals surface area (Å²) in [6.45, 7) is 4.96. The molecular formula is C16H24N2O4S. The highest BCUT2D eigenvalue weighted by Gasteiger charge is 2.32. The second-order valence-corrected chi connectivity index (χ2v) is 7.77. The van der Waals surface area contributed by atoms with E-state index in [-0.39, 0.29) is 6.04 Å². The maximum absolute atomic E-state index is 12.4. The minimum absolute atomic E-state index is 0.153. The average Bonchev–Trinajstić information content (AvgIpc) is 3.11. The summed E-state index contributed by atoms with van der Waals surface area (Å²) < 4.78 is 38.6. The first kappa shape index (κ1) is 16.9. The Morgan fingerprint density at radius 3 is 2.52 bits per heavy atom. The summed E-state index contributed by atoms with van der Waals surface area (Å²) in [5, 5.41) is 0. The van der Waals surface area contributed by atoms with Crippen molar-refractivity contribution in [2.45, 2.75) is 17.4 Å². The molecule has 0 aromatic heterocycles. The maximum atomic E-state index is 12.4. The zero-order valence-electron chi connectivity index (χ0n) is 13.2. The minimum Gasteiger partial charge on any atom is -0.381 e. The standard InChI is InChI=1S/C16H24N2O4S/c19-23(20,15-4-2-1-3-5-15)17-12-16(14-6-9-22-13-14)18-7-10-21-11-8-18/h1-5,14,16-17H,6-13H2/t14-,16+/m1/s1. The molecule has 1 aromatic carbocycles. The van der Waals surface area contributed by atoms with Crippen LogP contribution in [0.25, 0.3) is 0 Å². The van der Waals surface area contributed by atoms with Gasteiger partial charge in [0.05, 0.1) is 24.7 Å². The smallest absolute Gasteiger partial charge is 0.240 e. The Hall–Kier alpha value is -0.990. The van der Waals surface area contributed by atoms with Crippen LogP contribution in [0.15, 0.2) is 35.2 Å². The molecule has 0 amide bonds. The monoisotopic (exact) mass is 340 g/mol. The van der Waals surface area contributed by atoms with Gasteiger partial charge in [0.2, 0.25) is 10.0 Å². The van der Waals surface area contributed by atoms with E-state index >= 15 is 0 Å². The predicted octanol–water partition coefficient (Wildman–Crippen LogP) is 0.702. The van der Waals surface area contributed by atoms with Crippen LogP contribution in [-0.4, -0.2) is 65.4 Å². The lowest BCUT2D eigenvalue weighted by atomic mass is 9.97. The molecule has 128 valence electrons. The molecule has 2 atom stereocenters. The number of morpholine rings is 1. The van der Waals surface area contributed by atoms with Crippen molar-refractivity contribution < 1.29 is 17.9 Å². The number of rotatable bonds is 6. The van der Waals surface area contributed by atoms with Crippen molar-refractivity contribution in [2.24, 2.45) is 5.92 Å². The molecule has 0 aliphatic carbocycles. The van der Waals surface area contributed by atoms with Crippen LogP contribution < -0.4 is 4.72 Å². The van der Waals surface area contributed by atoms with Crippen LogP contribution in [-0.2, 0) is 19.5 Å². The van der Waals surface area contributed by atoms with Crippen molar-refractivity contribution in [1.29, 1.82) is 0 Å². The van der Waals surface area contributed by atoms with Gasteiger partial charge in [-0.05, 0) is 18.6 Å². The zero-order chi connectivity index (χ0) is 16.1. The second-order valence-electron chi connectivity index (χ2n) is 6.00. The van der Waals surface area contributed by atoms with E-state index in [0.29, 0.717) is 37.2 Å². The normalized spacial score (nSPS) is 24.6. The van der Waals surface area contributed by atoms with Crippen molar-refractivity contribution in [3.8, 4) is 0 Å². The third kappa shape index (κ3) is 4.30. The number of nitrogens with one attached hydrogen (secondary N) is 1. The van der Waals surface area contributed by atoms with Crippen LogP contribution in [0, 0.1) is 5.92 Å². The third-order valence-corrected chi connectivity index (χ3v) is 6.00. The average molecular weight is 340 g/mol. The van der Waals surface area contributed by atoms with Gasteiger partial charge < -0.3 is 9.47 Å². The maximum Gasteiger partial charge on any atom is 0.240 e. The molecule has 1 N–H and O–H groups in total. The first-order chi connectivity index (χ1) is 11.2. The van der Waals surface area contributed by atoms with E-state index in [1.807, 2.05) is 6.07 Å². The van der Waals surface area contributed by atoms with Crippen molar-refractivity contribution in [2.75, 3.05) is 46.1 Å². The van der Waals surface area contributed by atoms with Gasteiger partial charge in [0, 0.05) is 38.2 Å². The SMILES string of the molecule is O=S(=O)(NC[C@@H]([C@@H]1CCOC1)N1CCOCC1)c1ccccc1. The molecule has 6 nitrogen and oxygen atoms in total. The number of sulfonamides is 1. The molecule has 0 bridgehead atoms. The molecule has 7 heteroatoms. The molecule has 0 radical (unpaired) electrons. The highest BCUT2D eigenvalue weighted by Crippen LogP contribution is 2.22. The number of hydrogen-bond acceptors (Lipinski definition) is 5. The number of hydrogen-bond donors (Lipinski definition) is 1. The topological polar surface area (TPSA) is 67.9 Å². The lowest BCUT2D eigenvalue weighted by molar-refractivity contribution is 0.00271. The van der Waals surface area contributed by atoms with Gasteiger partial charge in [0.25, 0.3) is 0 Å². The molecule has 2 aliphatic rings. The van der Waals surface area contributed by atoms with E-state index in [0.717, 1.165) is 26.1 Å². The summed E-state index contributed by atoms with van der Waals surface area (Å²) in [4.78, 5) is 2.64. The first-order valence-electron chi connectivity index (χ1n) is 8.11. The summed E-state index contributed by atoms with van der Waals surface area (Å²) >= 11 is 0. The summed E-state index contributed by atoms with van der Waals surface area (Å²) in [5.74, 6) is 0.367. The van der Waals surface area contributed by atoms with Gasteiger partial charge in [-0.15, -0.1) is 0 Å². The quantitative estimate of drug-likeness (QED) is 0.826. The molecule has 2 saturated heterocycles. The Labute approximate surface area is 137 Å². The number of benzene rings is 1. The Balaban J connectivity index is 1.68. The van der Waals surface area contributed by atoms with E-state index in [2.05, 4.69) is 9.62 Å². The van der Waals surface area contributed by atoms with Crippen molar-refractivity contribution in [1.82, 2.24) is 9.62 Å². The fourth-order valence-corrected chi connectivity index (χ4v) is 4.31. The van der Waals surface area contributed by atoms with E-state index in [1.165, 1.54) is 0 Å². The Morgan fingerprint density at radius 1 is 1.13 bits per heavy atom.